The molecule has 1 aliphatic heterocycles. The third kappa shape index (κ3) is 7.78. The van der Waals surface area contributed by atoms with Crippen LogP contribution in [-0.4, -0.2) is 47.4 Å². The second-order valence-corrected chi connectivity index (χ2v) is 9.12. The summed E-state index contributed by atoms with van der Waals surface area (Å²) in [6, 6.07) is 7.76. The van der Waals surface area contributed by atoms with Crippen molar-refractivity contribution in [2.24, 2.45) is 5.73 Å². The lowest BCUT2D eigenvalue weighted by molar-refractivity contribution is -0.121. The Hall–Kier alpha value is -1.93. The second-order valence-electron chi connectivity index (χ2n) is 7.55. The summed E-state index contributed by atoms with van der Waals surface area (Å²) in [4.78, 5) is 25.5. The molecule has 2 amide bonds. The Balaban J connectivity index is 2.07. The average molecular weight is 424 g/mol. The van der Waals surface area contributed by atoms with Crippen LogP contribution in [0.2, 0.25) is 0 Å². The van der Waals surface area contributed by atoms with Crippen molar-refractivity contribution in [2.75, 3.05) is 20.2 Å². The number of primary amides is 1. The molecule has 0 aromatic heterocycles. The molecule has 0 spiro atoms. The van der Waals surface area contributed by atoms with Crippen molar-refractivity contribution < 1.29 is 19.1 Å². The maximum absolute atomic E-state index is 12.1. The second kappa shape index (κ2) is 11.3. The minimum Gasteiger partial charge on any atom is -0.470 e. The molecule has 0 bridgehead atoms. The number of thioether (sulfide) groups is 1. The molecule has 0 aliphatic carbocycles. The Labute approximate surface area is 177 Å². The van der Waals surface area contributed by atoms with E-state index >= 15 is 0 Å². The number of hydrogen-bond acceptors (Lipinski definition) is 6. The van der Waals surface area contributed by atoms with E-state index < -0.39 is 22.3 Å². The maximum Gasteiger partial charge on any atom is 0.407 e. The van der Waals surface area contributed by atoms with Gasteiger partial charge < -0.3 is 20.5 Å². The first-order chi connectivity index (χ1) is 13.8. The van der Waals surface area contributed by atoms with Gasteiger partial charge in [0.1, 0.15) is 5.75 Å². The number of hydrogen-bond donors (Lipinski definition) is 2. The predicted octanol–water partition coefficient (Wildman–Crippen LogP) is 3.47. The first kappa shape index (κ1) is 23.3. The van der Waals surface area contributed by atoms with E-state index in [1.807, 2.05) is 32.0 Å². The Morgan fingerprint density at radius 1 is 1.31 bits per heavy atom. The molecule has 1 aromatic carbocycles. The van der Waals surface area contributed by atoms with Crippen LogP contribution in [-0.2, 0) is 16.1 Å². The molecule has 29 heavy (non-hydrogen) atoms. The van der Waals surface area contributed by atoms with Gasteiger partial charge >= 0.3 is 6.09 Å². The van der Waals surface area contributed by atoms with Crippen molar-refractivity contribution >= 4 is 23.8 Å². The van der Waals surface area contributed by atoms with Gasteiger partial charge in [0.05, 0.1) is 12.0 Å². The van der Waals surface area contributed by atoms with Gasteiger partial charge in [0.25, 0.3) is 5.91 Å². The number of amides is 2. The Kier molecular flexibility index (Phi) is 9.10. The van der Waals surface area contributed by atoms with Gasteiger partial charge in [-0.3, -0.25) is 9.69 Å². The van der Waals surface area contributed by atoms with Crippen LogP contribution in [0.3, 0.4) is 0 Å². The quantitative estimate of drug-likeness (QED) is 0.560. The normalized spacial score (nSPS) is 17.8. The Morgan fingerprint density at radius 3 is 2.66 bits per heavy atom. The lowest BCUT2D eigenvalue weighted by atomic mass is 10.1. The molecule has 1 aromatic rings. The van der Waals surface area contributed by atoms with Crippen LogP contribution in [0.25, 0.3) is 0 Å². The molecule has 7 nitrogen and oxygen atoms in total. The van der Waals surface area contributed by atoms with E-state index in [-0.39, 0.29) is 0 Å². The fraction of sp³-hybridized carbons (Fsp3) is 0.619. The number of carbonyl (C=O) groups is 2. The number of rotatable bonds is 10. The van der Waals surface area contributed by atoms with E-state index in [4.69, 9.17) is 15.2 Å². The van der Waals surface area contributed by atoms with Gasteiger partial charge in [-0.15, -0.1) is 0 Å². The van der Waals surface area contributed by atoms with Crippen LogP contribution in [0.4, 0.5) is 4.79 Å². The van der Waals surface area contributed by atoms with Gasteiger partial charge in [-0.1, -0.05) is 43.7 Å². The van der Waals surface area contributed by atoms with Crippen LogP contribution in [0.1, 0.15) is 51.5 Å². The third-order valence-electron chi connectivity index (χ3n) is 4.87. The van der Waals surface area contributed by atoms with Crippen LogP contribution in [0.5, 0.6) is 5.75 Å². The van der Waals surface area contributed by atoms with Crippen molar-refractivity contribution in [3.05, 3.63) is 29.8 Å². The van der Waals surface area contributed by atoms with Gasteiger partial charge in [-0.2, -0.15) is 0 Å². The number of ether oxygens (including phenoxy) is 2. The zero-order chi connectivity index (χ0) is 21.3. The van der Waals surface area contributed by atoms with E-state index in [0.717, 1.165) is 31.6 Å². The molecule has 3 N–H and O–H groups in total. The molecule has 2 rings (SSSR count). The summed E-state index contributed by atoms with van der Waals surface area (Å²) in [6.07, 6.45) is 4.66. The van der Waals surface area contributed by atoms with E-state index in [9.17, 15) is 9.59 Å². The average Bonchev–Trinajstić information content (AvgIpc) is 2.68. The zero-order valence-corrected chi connectivity index (χ0v) is 18.4. The number of alkyl carbamates (subject to hydrolysis) is 1. The molecule has 0 radical (unpaired) electrons. The van der Waals surface area contributed by atoms with Gasteiger partial charge in [0, 0.05) is 6.54 Å². The zero-order valence-electron chi connectivity index (χ0n) is 17.6. The summed E-state index contributed by atoms with van der Waals surface area (Å²) in [5.41, 5.74) is 5.81. The van der Waals surface area contributed by atoms with Crippen molar-refractivity contribution in [1.29, 1.82) is 0 Å². The molecule has 1 heterocycles. The highest BCUT2D eigenvalue weighted by atomic mass is 32.2. The smallest absolute Gasteiger partial charge is 0.407 e. The first-order valence-electron chi connectivity index (χ1n) is 10.2. The molecular formula is C21H33N3O4S. The largest absolute Gasteiger partial charge is 0.470 e. The van der Waals surface area contributed by atoms with Gasteiger partial charge in [0.2, 0.25) is 5.44 Å². The number of likely N-dealkylation sites (tertiary alicyclic amines) is 1. The van der Waals surface area contributed by atoms with Crippen LogP contribution >= 0.6 is 11.8 Å². The van der Waals surface area contributed by atoms with E-state index in [1.54, 1.807) is 0 Å². The molecule has 1 saturated heterocycles. The number of methoxy groups -OCH3 is 1. The Morgan fingerprint density at radius 2 is 2.03 bits per heavy atom. The van der Waals surface area contributed by atoms with Crippen LogP contribution in [0.15, 0.2) is 24.3 Å². The fourth-order valence-corrected chi connectivity index (χ4v) is 4.70. The van der Waals surface area contributed by atoms with Crippen molar-refractivity contribution in [2.45, 2.75) is 62.8 Å². The van der Waals surface area contributed by atoms with Gasteiger partial charge in [-0.25, -0.2) is 4.79 Å². The van der Waals surface area contributed by atoms with Crippen molar-refractivity contribution in [3.8, 4) is 5.75 Å². The molecule has 1 aliphatic rings. The fourth-order valence-electron chi connectivity index (χ4n) is 3.49. The van der Waals surface area contributed by atoms with Crippen molar-refractivity contribution in [1.82, 2.24) is 10.2 Å². The minimum absolute atomic E-state index is 0.555. The summed E-state index contributed by atoms with van der Waals surface area (Å²) in [5, 5.41) is 2.79. The van der Waals surface area contributed by atoms with Crippen LogP contribution < -0.4 is 15.8 Å². The minimum atomic E-state index is -0.936. The third-order valence-corrected chi connectivity index (χ3v) is 6.24. The molecule has 2 unspecified atom stereocenters. The molecule has 2 atom stereocenters. The molecule has 0 saturated carbocycles. The summed E-state index contributed by atoms with van der Waals surface area (Å²) in [6.45, 7) is 6.92. The number of piperidine rings is 1. The summed E-state index contributed by atoms with van der Waals surface area (Å²) >= 11 is 1.19. The monoisotopic (exact) mass is 423 g/mol. The van der Waals surface area contributed by atoms with Gasteiger partial charge in [0.15, 0.2) is 0 Å². The highest BCUT2D eigenvalue weighted by Crippen LogP contribution is 2.33. The summed E-state index contributed by atoms with van der Waals surface area (Å²) in [5.74, 6) is -0.00171. The highest BCUT2D eigenvalue weighted by molar-refractivity contribution is 8.01. The molecular weight excluding hydrogens is 390 g/mol. The topological polar surface area (TPSA) is 93.9 Å². The Bertz CT molecular complexity index is 682. The SMILES string of the molecule is CCCC(C)(NC(=O)OC)SC(Oc1cccc(CN2CCCCC2)c1)C(N)=O. The molecule has 1 fully saturated rings. The maximum atomic E-state index is 12.1. The number of nitrogens with one attached hydrogen (secondary N) is 1. The number of benzene rings is 1. The standard InChI is InChI=1S/C21H33N3O4S/c1-4-11-21(2,23-20(26)27-3)29-19(18(22)25)28-17-10-8-9-16(14-17)15-24-12-6-5-7-13-24/h8-10,14,19H,4-7,11-13,15H2,1-3H3,(H2,22,25)(H,23,26). The lowest BCUT2D eigenvalue weighted by Crippen LogP contribution is -2.47. The van der Waals surface area contributed by atoms with Crippen LogP contribution in [0, 0.1) is 0 Å². The molecule has 8 heteroatoms. The van der Waals surface area contributed by atoms with E-state index in [2.05, 4.69) is 16.3 Å². The summed E-state index contributed by atoms with van der Waals surface area (Å²) in [7, 11) is 1.31. The van der Waals surface area contributed by atoms with E-state index in [1.165, 1.54) is 38.1 Å². The number of carbonyl (C=O) groups excluding carboxylic acids is 2. The number of nitrogens with zero attached hydrogens (tertiary/aromatic N) is 1. The molecule has 162 valence electrons. The highest BCUT2D eigenvalue weighted by Gasteiger charge is 2.34. The predicted molar refractivity (Wildman–Crippen MR) is 116 cm³/mol. The number of nitrogens with two attached hydrogens (primary N) is 1. The van der Waals surface area contributed by atoms with Crippen molar-refractivity contribution in [3.63, 3.8) is 0 Å². The lowest BCUT2D eigenvalue weighted by Gasteiger charge is -2.32. The van der Waals surface area contributed by atoms with E-state index in [0.29, 0.717) is 12.2 Å². The van der Waals surface area contributed by atoms with Gasteiger partial charge in [-0.05, 0) is 57.0 Å². The first-order valence-corrected chi connectivity index (χ1v) is 11.0. The summed E-state index contributed by atoms with van der Waals surface area (Å²) < 4.78 is 10.7.